The zero-order chi connectivity index (χ0) is 16.2. The summed E-state index contributed by atoms with van der Waals surface area (Å²) < 4.78 is 11.2. The van der Waals surface area contributed by atoms with Crippen molar-refractivity contribution in [1.29, 1.82) is 0 Å². The van der Waals surface area contributed by atoms with Gasteiger partial charge in [-0.25, -0.2) is 4.99 Å². The van der Waals surface area contributed by atoms with Crippen LogP contribution < -0.4 is 9.47 Å². The second-order valence-electron chi connectivity index (χ2n) is 5.06. The number of amidine groups is 1. The number of carbonyl (C=O) groups is 1. The normalized spacial score (nSPS) is 19.0. The smallest absolute Gasteiger partial charge is 0.260 e. The number of carbonyl (C=O) groups excluding carboxylic acids is 1. The maximum atomic E-state index is 12.2. The Morgan fingerprint density at radius 1 is 1.09 bits per heavy atom. The van der Waals surface area contributed by atoms with Gasteiger partial charge < -0.3 is 9.47 Å². The zero-order valence-electron chi connectivity index (χ0n) is 13.2. The van der Waals surface area contributed by atoms with Crippen LogP contribution in [0.5, 0.6) is 11.5 Å². The minimum Gasteiger partial charge on any atom is -0.494 e. The van der Waals surface area contributed by atoms with Crippen molar-refractivity contribution in [2.24, 2.45) is 15.9 Å². The molecule has 5 nitrogen and oxygen atoms in total. The number of fused-ring (bicyclic) bond motifs is 1. The van der Waals surface area contributed by atoms with E-state index < -0.39 is 0 Å². The molecule has 23 heavy (non-hydrogen) atoms. The van der Waals surface area contributed by atoms with Crippen LogP contribution in [0, 0.1) is 5.92 Å². The van der Waals surface area contributed by atoms with Gasteiger partial charge in [-0.2, -0.15) is 4.99 Å². The summed E-state index contributed by atoms with van der Waals surface area (Å²) in [6.45, 7) is 4.91. The van der Waals surface area contributed by atoms with E-state index in [1.54, 1.807) is 6.07 Å². The first-order valence-electron chi connectivity index (χ1n) is 7.69. The fourth-order valence-electron chi connectivity index (χ4n) is 2.51. The van der Waals surface area contributed by atoms with Crippen molar-refractivity contribution in [3.8, 4) is 11.5 Å². The van der Waals surface area contributed by atoms with E-state index in [0.29, 0.717) is 41.8 Å². The summed E-state index contributed by atoms with van der Waals surface area (Å²) in [5.74, 6) is 1.13. The average Bonchev–Trinajstić information content (AvgIpc) is 2.56. The van der Waals surface area contributed by atoms with E-state index in [0.717, 1.165) is 0 Å². The van der Waals surface area contributed by atoms with Gasteiger partial charge in [0.25, 0.3) is 5.91 Å². The molecule has 5 heteroatoms. The first-order chi connectivity index (χ1) is 11.2. The first-order valence-corrected chi connectivity index (χ1v) is 7.69. The predicted octanol–water partition coefficient (Wildman–Crippen LogP) is 2.95. The van der Waals surface area contributed by atoms with Crippen molar-refractivity contribution in [3.05, 3.63) is 48.1 Å². The third-order valence-corrected chi connectivity index (χ3v) is 3.52. The lowest BCUT2D eigenvalue weighted by atomic mass is 9.96. The molecular formula is C18H18N2O3. The van der Waals surface area contributed by atoms with E-state index in [1.165, 1.54) is 0 Å². The second-order valence-corrected chi connectivity index (χ2v) is 5.06. The highest BCUT2D eigenvalue weighted by Crippen LogP contribution is 2.28. The van der Waals surface area contributed by atoms with Crippen LogP contribution in [-0.4, -0.2) is 30.7 Å². The van der Waals surface area contributed by atoms with Crippen LogP contribution in [-0.2, 0) is 4.79 Å². The van der Waals surface area contributed by atoms with E-state index in [2.05, 4.69) is 9.98 Å². The average molecular weight is 310 g/mol. The highest BCUT2D eigenvalue weighted by atomic mass is 16.5. The minimum atomic E-state index is -0.373. The van der Waals surface area contributed by atoms with Gasteiger partial charge in [0.2, 0.25) is 0 Å². The van der Waals surface area contributed by atoms with Crippen LogP contribution in [0.25, 0.3) is 0 Å². The third kappa shape index (κ3) is 3.08. The van der Waals surface area contributed by atoms with Gasteiger partial charge in [-0.05, 0) is 32.1 Å². The molecule has 1 aliphatic heterocycles. The fraction of sp³-hybridized carbons (Fsp3) is 0.278. The molecule has 0 aromatic heterocycles. The van der Waals surface area contributed by atoms with E-state index in [4.69, 9.17) is 9.47 Å². The number of allylic oxidation sites excluding steroid dienone is 3. The molecule has 3 rings (SSSR count). The SMILES string of the molecule is CCOc1ccc(C2=NC(=O)C3C=CC=CC3=N2)c(OCC)c1. The minimum absolute atomic E-state index is 0.207. The van der Waals surface area contributed by atoms with Gasteiger partial charge in [-0.15, -0.1) is 0 Å². The van der Waals surface area contributed by atoms with Crippen LogP contribution in [0.3, 0.4) is 0 Å². The van der Waals surface area contributed by atoms with E-state index in [1.807, 2.05) is 50.3 Å². The lowest BCUT2D eigenvalue weighted by Crippen LogP contribution is -2.27. The van der Waals surface area contributed by atoms with Gasteiger partial charge in [0, 0.05) is 6.07 Å². The fourth-order valence-corrected chi connectivity index (χ4v) is 2.51. The molecule has 1 aromatic rings. The molecule has 1 unspecified atom stereocenters. The number of nitrogens with zero attached hydrogens (tertiary/aromatic N) is 2. The molecule has 0 saturated heterocycles. The Morgan fingerprint density at radius 2 is 1.91 bits per heavy atom. The largest absolute Gasteiger partial charge is 0.494 e. The monoisotopic (exact) mass is 310 g/mol. The summed E-state index contributed by atoms with van der Waals surface area (Å²) in [5.41, 5.74) is 1.40. The Balaban J connectivity index is 2.01. The molecule has 0 fully saturated rings. The molecule has 2 aliphatic rings. The molecule has 118 valence electrons. The van der Waals surface area contributed by atoms with Crippen LogP contribution in [0.1, 0.15) is 19.4 Å². The van der Waals surface area contributed by atoms with E-state index >= 15 is 0 Å². The summed E-state index contributed by atoms with van der Waals surface area (Å²) in [6, 6.07) is 5.46. The summed E-state index contributed by atoms with van der Waals surface area (Å²) >= 11 is 0. The van der Waals surface area contributed by atoms with Crippen LogP contribution in [0.2, 0.25) is 0 Å². The zero-order valence-corrected chi connectivity index (χ0v) is 13.2. The van der Waals surface area contributed by atoms with Gasteiger partial charge in [0.1, 0.15) is 17.4 Å². The molecule has 0 saturated carbocycles. The van der Waals surface area contributed by atoms with Gasteiger partial charge in [0.05, 0.1) is 24.5 Å². The first kappa shape index (κ1) is 15.2. The molecule has 0 spiro atoms. The molecule has 0 radical (unpaired) electrons. The molecule has 1 aromatic carbocycles. The van der Waals surface area contributed by atoms with Crippen LogP contribution >= 0.6 is 0 Å². The molecule has 0 bridgehead atoms. The Morgan fingerprint density at radius 3 is 2.70 bits per heavy atom. The topological polar surface area (TPSA) is 60.2 Å². The molecule has 0 N–H and O–H groups in total. The summed E-state index contributed by atoms with van der Waals surface area (Å²) in [5, 5.41) is 0. The number of hydrogen-bond donors (Lipinski definition) is 0. The lowest BCUT2D eigenvalue weighted by Gasteiger charge is -2.19. The number of hydrogen-bond acceptors (Lipinski definition) is 4. The Labute approximate surface area is 135 Å². The molecule has 1 aliphatic carbocycles. The van der Waals surface area contributed by atoms with E-state index in [9.17, 15) is 4.79 Å². The Bertz CT molecular complexity index is 745. The summed E-state index contributed by atoms with van der Waals surface area (Å²) in [4.78, 5) is 20.9. The third-order valence-electron chi connectivity index (χ3n) is 3.52. The lowest BCUT2D eigenvalue weighted by molar-refractivity contribution is -0.118. The Hall–Kier alpha value is -2.69. The van der Waals surface area contributed by atoms with Gasteiger partial charge >= 0.3 is 0 Å². The molecule has 1 atom stereocenters. The molecular weight excluding hydrogens is 292 g/mol. The van der Waals surface area contributed by atoms with Crippen molar-refractivity contribution in [3.63, 3.8) is 0 Å². The quantitative estimate of drug-likeness (QED) is 0.840. The summed E-state index contributed by atoms with van der Waals surface area (Å²) in [6.07, 6.45) is 7.35. The van der Waals surface area contributed by atoms with Crippen molar-refractivity contribution in [2.45, 2.75) is 13.8 Å². The van der Waals surface area contributed by atoms with Gasteiger partial charge in [0.15, 0.2) is 5.84 Å². The van der Waals surface area contributed by atoms with Crippen LogP contribution in [0.15, 0.2) is 52.5 Å². The van der Waals surface area contributed by atoms with Crippen LogP contribution in [0.4, 0.5) is 0 Å². The highest BCUT2D eigenvalue weighted by Gasteiger charge is 2.27. The number of amides is 1. The Kier molecular flexibility index (Phi) is 4.37. The van der Waals surface area contributed by atoms with Crippen molar-refractivity contribution in [2.75, 3.05) is 13.2 Å². The van der Waals surface area contributed by atoms with E-state index in [-0.39, 0.29) is 11.8 Å². The number of aliphatic imine (C=N–C) groups is 2. The highest BCUT2D eigenvalue weighted by molar-refractivity contribution is 6.25. The van der Waals surface area contributed by atoms with Crippen molar-refractivity contribution >= 4 is 17.5 Å². The predicted molar refractivity (Wildman–Crippen MR) is 89.5 cm³/mol. The molecule has 1 heterocycles. The maximum Gasteiger partial charge on any atom is 0.260 e. The maximum absolute atomic E-state index is 12.2. The van der Waals surface area contributed by atoms with Crippen molar-refractivity contribution < 1.29 is 14.3 Å². The van der Waals surface area contributed by atoms with Gasteiger partial charge in [-0.1, -0.05) is 18.2 Å². The number of rotatable bonds is 5. The number of ether oxygens (including phenoxy) is 2. The summed E-state index contributed by atoms with van der Waals surface area (Å²) in [7, 11) is 0. The number of benzene rings is 1. The molecule has 1 amide bonds. The van der Waals surface area contributed by atoms with Crippen molar-refractivity contribution in [1.82, 2.24) is 0 Å². The second kappa shape index (κ2) is 6.60. The standard InChI is InChI=1S/C18H18N2O3/c1-3-22-12-9-10-14(16(11-12)23-4-2)17-19-15-8-6-5-7-13(15)18(21)20-17/h5-11,13H,3-4H2,1-2H3. The van der Waals surface area contributed by atoms with Gasteiger partial charge in [-0.3, -0.25) is 4.79 Å².